The van der Waals surface area contributed by atoms with E-state index >= 15 is 0 Å². The number of carbonyl (C=O) groups is 2. The minimum absolute atomic E-state index is 0.0745. The normalized spacial score (nSPS) is 18.6. The molecule has 1 unspecified atom stereocenters. The van der Waals surface area contributed by atoms with Crippen molar-refractivity contribution in [2.45, 2.75) is 65.1 Å². The molecule has 5 heterocycles. The third-order valence-corrected chi connectivity index (χ3v) is 7.89. The van der Waals surface area contributed by atoms with E-state index < -0.39 is 5.60 Å². The number of ether oxygens (including phenoxy) is 1. The van der Waals surface area contributed by atoms with Crippen molar-refractivity contribution in [2.24, 2.45) is 0 Å². The molecule has 39 heavy (non-hydrogen) atoms. The maximum absolute atomic E-state index is 13.5. The largest absolute Gasteiger partial charge is 0.444 e. The number of nitrogens with zero attached hydrogens (tertiary/aromatic N) is 5. The zero-order valence-corrected chi connectivity index (χ0v) is 23.6. The van der Waals surface area contributed by atoms with Gasteiger partial charge in [-0.25, -0.2) is 14.6 Å². The molecule has 3 fully saturated rings. The molecule has 202 valence electrons. The van der Waals surface area contributed by atoms with Crippen LogP contribution in [0.5, 0.6) is 0 Å². The number of nitriles is 1. The highest BCUT2D eigenvalue weighted by atomic mass is 32.1. The SMILES string of the molecule is Cc1cc(-c2sc(NC(=O)N3C[C@H]4CCC3CN4C(=O)OC(C)(C)C)nc2-c2cccc(C#N)c2)cc(C)n1. The Morgan fingerprint density at radius 3 is 2.31 bits per heavy atom. The Kier molecular flexibility index (Phi) is 7.03. The molecule has 10 heteroatoms. The number of fused-ring (bicyclic) bond motifs is 3. The highest BCUT2D eigenvalue weighted by molar-refractivity contribution is 7.19. The summed E-state index contributed by atoms with van der Waals surface area (Å²) in [5, 5.41) is 12.9. The molecule has 6 rings (SSSR count). The quantitative estimate of drug-likeness (QED) is 0.434. The van der Waals surface area contributed by atoms with Crippen LogP contribution in [0.3, 0.4) is 0 Å². The standard InChI is InChI=1S/C29H32N6O3S/c1-17-11-21(12-18(2)31-17)25-24(20-8-6-7-19(13-20)14-30)32-26(39-25)33-27(36)34-15-23-10-9-22(34)16-35(23)28(37)38-29(3,4)5/h6-8,11-13,22-23H,9-10,15-16H2,1-5H3,(H,32,33,36)/t22?,23-/m1/s1. The molecule has 2 bridgehead atoms. The molecule has 9 nitrogen and oxygen atoms in total. The van der Waals surface area contributed by atoms with Gasteiger partial charge in [-0.05, 0) is 77.3 Å². The summed E-state index contributed by atoms with van der Waals surface area (Å²) in [6, 6.07) is 13.1. The Bertz CT molecular complexity index is 1450. The average molecular weight is 545 g/mol. The van der Waals surface area contributed by atoms with Crippen molar-refractivity contribution in [1.29, 1.82) is 5.26 Å². The van der Waals surface area contributed by atoms with Gasteiger partial charge in [0.1, 0.15) is 5.60 Å². The lowest BCUT2D eigenvalue weighted by atomic mass is 9.91. The fraction of sp³-hybridized carbons (Fsp3) is 0.414. The Labute approximate surface area is 232 Å². The first-order chi connectivity index (χ1) is 18.5. The van der Waals surface area contributed by atoms with Crippen LogP contribution in [0.1, 0.15) is 50.6 Å². The summed E-state index contributed by atoms with van der Waals surface area (Å²) in [5.74, 6) is 0. The third-order valence-electron chi connectivity index (χ3n) is 6.87. The van der Waals surface area contributed by atoms with Crippen molar-refractivity contribution in [3.63, 3.8) is 0 Å². The molecule has 1 N–H and O–H groups in total. The molecular formula is C29H32N6O3S. The van der Waals surface area contributed by atoms with Crippen LogP contribution in [0.4, 0.5) is 14.7 Å². The van der Waals surface area contributed by atoms with Gasteiger partial charge in [-0.2, -0.15) is 5.26 Å². The van der Waals surface area contributed by atoms with Gasteiger partial charge in [0.25, 0.3) is 0 Å². The molecule has 0 radical (unpaired) electrons. The van der Waals surface area contributed by atoms with Gasteiger partial charge in [0, 0.05) is 30.0 Å². The van der Waals surface area contributed by atoms with Crippen LogP contribution >= 0.6 is 11.3 Å². The molecule has 3 amide bonds. The molecule has 2 aromatic heterocycles. The number of rotatable bonds is 3. The van der Waals surface area contributed by atoms with Crippen molar-refractivity contribution in [3.8, 4) is 27.8 Å². The second-order valence-electron chi connectivity index (χ2n) is 11.1. The summed E-state index contributed by atoms with van der Waals surface area (Å²) in [5.41, 5.74) is 4.22. The van der Waals surface area contributed by atoms with Crippen LogP contribution in [-0.4, -0.2) is 62.7 Å². The van der Waals surface area contributed by atoms with Gasteiger partial charge in [0.15, 0.2) is 5.13 Å². The Hall–Kier alpha value is -3.97. The van der Waals surface area contributed by atoms with Crippen LogP contribution in [0, 0.1) is 25.2 Å². The minimum Gasteiger partial charge on any atom is -0.444 e. The number of anilines is 1. The summed E-state index contributed by atoms with van der Waals surface area (Å²) in [6.07, 6.45) is 1.35. The molecule has 1 aromatic carbocycles. The van der Waals surface area contributed by atoms with Gasteiger partial charge in [-0.1, -0.05) is 23.5 Å². The first-order valence-corrected chi connectivity index (χ1v) is 13.9. The third kappa shape index (κ3) is 5.73. The number of thiazole rings is 1. The van der Waals surface area contributed by atoms with Gasteiger partial charge in [0.05, 0.1) is 34.3 Å². The van der Waals surface area contributed by atoms with Crippen LogP contribution < -0.4 is 5.32 Å². The van der Waals surface area contributed by atoms with Crippen molar-refractivity contribution in [2.75, 3.05) is 18.4 Å². The monoisotopic (exact) mass is 544 g/mol. The number of piperidine rings is 2. The number of pyridine rings is 1. The lowest BCUT2D eigenvalue weighted by molar-refractivity contribution is -0.0277. The summed E-state index contributed by atoms with van der Waals surface area (Å²) in [7, 11) is 0. The highest BCUT2D eigenvalue weighted by Gasteiger charge is 2.44. The number of carbonyl (C=O) groups excluding carboxylic acids is 2. The zero-order valence-electron chi connectivity index (χ0n) is 22.8. The maximum atomic E-state index is 13.5. The summed E-state index contributed by atoms with van der Waals surface area (Å²) in [6.45, 7) is 10.4. The van der Waals surface area contributed by atoms with E-state index in [1.54, 1.807) is 17.0 Å². The number of piperazine rings is 1. The van der Waals surface area contributed by atoms with E-state index in [2.05, 4.69) is 16.4 Å². The minimum atomic E-state index is -0.566. The molecule has 0 spiro atoms. The van der Waals surface area contributed by atoms with E-state index in [1.165, 1.54) is 11.3 Å². The van der Waals surface area contributed by atoms with Gasteiger partial charge in [0.2, 0.25) is 0 Å². The number of aryl methyl sites for hydroxylation is 2. The smallest absolute Gasteiger partial charge is 0.410 e. The predicted octanol–water partition coefficient (Wildman–Crippen LogP) is 5.98. The van der Waals surface area contributed by atoms with Crippen molar-refractivity contribution < 1.29 is 14.3 Å². The van der Waals surface area contributed by atoms with E-state index in [0.29, 0.717) is 29.5 Å². The van der Waals surface area contributed by atoms with Gasteiger partial charge >= 0.3 is 12.1 Å². The average Bonchev–Trinajstić information content (AvgIpc) is 3.31. The van der Waals surface area contributed by atoms with Crippen LogP contribution in [0.15, 0.2) is 36.4 Å². The summed E-state index contributed by atoms with van der Waals surface area (Å²) >= 11 is 1.40. The number of urea groups is 1. The maximum Gasteiger partial charge on any atom is 0.410 e. The van der Waals surface area contributed by atoms with Crippen molar-refractivity contribution in [1.82, 2.24) is 19.8 Å². The Morgan fingerprint density at radius 2 is 1.69 bits per heavy atom. The van der Waals surface area contributed by atoms with Crippen LogP contribution in [-0.2, 0) is 4.74 Å². The number of aromatic nitrogens is 2. The predicted molar refractivity (Wildman–Crippen MR) is 150 cm³/mol. The molecule has 3 aromatic rings. The van der Waals surface area contributed by atoms with Crippen LogP contribution in [0.25, 0.3) is 21.7 Å². The molecule has 2 atom stereocenters. The summed E-state index contributed by atoms with van der Waals surface area (Å²) < 4.78 is 5.59. The molecule has 0 aliphatic carbocycles. The fourth-order valence-corrected chi connectivity index (χ4v) is 6.22. The zero-order chi connectivity index (χ0) is 27.9. The lowest BCUT2D eigenvalue weighted by Gasteiger charge is -2.50. The van der Waals surface area contributed by atoms with Crippen molar-refractivity contribution >= 4 is 28.6 Å². The van der Waals surface area contributed by atoms with Crippen LogP contribution in [0.2, 0.25) is 0 Å². The number of nitrogens with one attached hydrogen (secondary N) is 1. The van der Waals surface area contributed by atoms with E-state index in [4.69, 9.17) is 9.72 Å². The van der Waals surface area contributed by atoms with E-state index in [-0.39, 0.29) is 24.2 Å². The Morgan fingerprint density at radius 1 is 1.03 bits per heavy atom. The fourth-order valence-electron chi connectivity index (χ4n) is 5.25. The first-order valence-electron chi connectivity index (χ1n) is 13.0. The van der Waals surface area contributed by atoms with Gasteiger partial charge < -0.3 is 14.5 Å². The lowest BCUT2D eigenvalue weighted by Crippen LogP contribution is -2.66. The first kappa shape index (κ1) is 26.6. The number of benzene rings is 1. The van der Waals surface area contributed by atoms with E-state index in [1.807, 2.05) is 63.8 Å². The molecular weight excluding hydrogens is 512 g/mol. The number of hydrogen-bond donors (Lipinski definition) is 1. The molecule has 0 saturated carbocycles. The van der Waals surface area contributed by atoms with Crippen molar-refractivity contribution in [3.05, 3.63) is 53.3 Å². The topological polar surface area (TPSA) is 111 Å². The summed E-state index contributed by atoms with van der Waals surface area (Å²) in [4.78, 5) is 40.0. The number of hydrogen-bond acceptors (Lipinski definition) is 7. The number of amides is 3. The second-order valence-corrected chi connectivity index (χ2v) is 12.1. The molecule has 3 aliphatic heterocycles. The van der Waals surface area contributed by atoms with Gasteiger partial charge in [-0.15, -0.1) is 0 Å². The van der Waals surface area contributed by atoms with E-state index in [0.717, 1.165) is 40.2 Å². The Balaban J connectivity index is 1.40. The second kappa shape index (κ2) is 10.3. The van der Waals surface area contributed by atoms with E-state index in [9.17, 15) is 14.9 Å². The molecule has 3 aliphatic rings. The molecule has 3 saturated heterocycles. The highest BCUT2D eigenvalue weighted by Crippen LogP contribution is 2.40. The van der Waals surface area contributed by atoms with Gasteiger partial charge in [-0.3, -0.25) is 10.3 Å².